The van der Waals surface area contributed by atoms with Crippen LogP contribution in [0.3, 0.4) is 0 Å². The van der Waals surface area contributed by atoms with E-state index < -0.39 is 6.10 Å². The fourth-order valence-electron chi connectivity index (χ4n) is 1.68. The van der Waals surface area contributed by atoms with E-state index in [2.05, 4.69) is 20.8 Å². The fourth-order valence-corrected chi connectivity index (χ4v) is 1.92. The van der Waals surface area contributed by atoms with Gasteiger partial charge in [-0.1, -0.05) is 38.4 Å². The molecule has 0 saturated heterocycles. The van der Waals surface area contributed by atoms with Crippen molar-refractivity contribution in [3.05, 3.63) is 28.8 Å². The summed E-state index contributed by atoms with van der Waals surface area (Å²) in [5, 5.41) is 10.0. The molecule has 0 unspecified atom stereocenters. The summed E-state index contributed by atoms with van der Waals surface area (Å²) in [4.78, 5) is 0. The van der Waals surface area contributed by atoms with E-state index in [-0.39, 0.29) is 0 Å². The second-order valence-corrected chi connectivity index (χ2v) is 6.29. The van der Waals surface area contributed by atoms with Crippen molar-refractivity contribution in [3.8, 4) is 5.75 Å². The number of rotatable bonds is 5. The fraction of sp³-hybridized carbons (Fsp3) is 0.600. The molecule has 0 aromatic heterocycles. The Labute approximate surface area is 115 Å². The first-order valence-electron chi connectivity index (χ1n) is 6.40. The lowest BCUT2D eigenvalue weighted by Crippen LogP contribution is -2.08. The minimum atomic E-state index is -0.502. The second-order valence-electron chi connectivity index (χ2n) is 5.88. The lowest BCUT2D eigenvalue weighted by molar-refractivity contribution is 0.199. The average molecular weight is 271 g/mol. The first-order valence-corrected chi connectivity index (χ1v) is 6.78. The molecule has 3 heteroatoms. The van der Waals surface area contributed by atoms with Gasteiger partial charge in [-0.25, -0.2) is 0 Å². The van der Waals surface area contributed by atoms with Crippen LogP contribution in [-0.2, 0) is 0 Å². The summed E-state index contributed by atoms with van der Waals surface area (Å²) in [6.45, 7) is 9.05. The molecule has 1 aromatic carbocycles. The topological polar surface area (TPSA) is 29.5 Å². The van der Waals surface area contributed by atoms with Crippen molar-refractivity contribution in [1.82, 2.24) is 0 Å². The third-order valence-electron chi connectivity index (χ3n) is 2.77. The molecular weight excluding hydrogens is 248 g/mol. The summed E-state index contributed by atoms with van der Waals surface area (Å²) in [7, 11) is 0. The van der Waals surface area contributed by atoms with Gasteiger partial charge in [-0.15, -0.1) is 0 Å². The number of hydrogen-bond acceptors (Lipinski definition) is 2. The van der Waals surface area contributed by atoms with E-state index in [1.54, 1.807) is 13.0 Å². The lowest BCUT2D eigenvalue weighted by Gasteiger charge is -2.18. The predicted octanol–water partition coefficient (Wildman–Crippen LogP) is 4.60. The van der Waals surface area contributed by atoms with E-state index in [0.717, 1.165) is 18.4 Å². The van der Waals surface area contributed by atoms with E-state index in [4.69, 9.17) is 16.3 Å². The number of ether oxygens (including phenoxy) is 1. The number of halogens is 1. The van der Waals surface area contributed by atoms with E-state index >= 15 is 0 Å². The first kappa shape index (κ1) is 15.3. The zero-order valence-corrected chi connectivity index (χ0v) is 12.4. The first-order chi connectivity index (χ1) is 8.29. The summed E-state index contributed by atoms with van der Waals surface area (Å²) in [6, 6.07) is 5.42. The Bertz CT molecular complexity index is 381. The molecule has 0 aliphatic carbocycles. The number of aliphatic hydroxyl groups excluding tert-OH is 1. The van der Waals surface area contributed by atoms with Gasteiger partial charge in [0, 0.05) is 0 Å². The van der Waals surface area contributed by atoms with Crippen LogP contribution in [0.25, 0.3) is 0 Å². The van der Waals surface area contributed by atoms with Crippen molar-refractivity contribution >= 4 is 11.6 Å². The Morgan fingerprint density at radius 3 is 2.50 bits per heavy atom. The molecule has 1 aromatic rings. The zero-order valence-electron chi connectivity index (χ0n) is 11.7. The molecule has 0 radical (unpaired) electrons. The lowest BCUT2D eigenvalue weighted by atomic mass is 9.91. The summed E-state index contributed by atoms with van der Waals surface area (Å²) in [5.41, 5.74) is 1.14. The van der Waals surface area contributed by atoms with Crippen LogP contribution in [0.2, 0.25) is 5.02 Å². The third-order valence-corrected chi connectivity index (χ3v) is 3.06. The van der Waals surface area contributed by atoms with Gasteiger partial charge in [0.15, 0.2) is 0 Å². The molecule has 0 amide bonds. The minimum Gasteiger partial charge on any atom is -0.492 e. The molecule has 0 fully saturated rings. The molecule has 0 spiro atoms. The maximum absolute atomic E-state index is 9.44. The highest BCUT2D eigenvalue weighted by atomic mass is 35.5. The molecule has 1 rings (SSSR count). The molecule has 0 bridgehead atoms. The molecule has 18 heavy (non-hydrogen) atoms. The van der Waals surface area contributed by atoms with E-state index in [0.29, 0.717) is 22.8 Å². The number of benzene rings is 1. The van der Waals surface area contributed by atoms with Crippen LogP contribution in [0.5, 0.6) is 5.75 Å². The van der Waals surface area contributed by atoms with Gasteiger partial charge in [0.1, 0.15) is 5.75 Å². The van der Waals surface area contributed by atoms with Gasteiger partial charge in [-0.3, -0.25) is 0 Å². The van der Waals surface area contributed by atoms with Crippen LogP contribution in [0.1, 0.15) is 52.2 Å². The molecule has 0 saturated carbocycles. The Kier molecular flexibility index (Phi) is 5.48. The summed E-state index contributed by atoms with van der Waals surface area (Å²) < 4.78 is 5.65. The number of aliphatic hydroxyl groups is 1. The quantitative estimate of drug-likeness (QED) is 0.793. The van der Waals surface area contributed by atoms with Crippen LogP contribution in [0.15, 0.2) is 18.2 Å². The smallest absolute Gasteiger partial charge is 0.137 e. The van der Waals surface area contributed by atoms with Gasteiger partial charge in [0.25, 0.3) is 0 Å². The van der Waals surface area contributed by atoms with Gasteiger partial charge in [-0.2, -0.15) is 0 Å². The molecule has 0 aliphatic rings. The molecule has 0 aliphatic heterocycles. The van der Waals surface area contributed by atoms with Gasteiger partial charge in [-0.05, 0) is 42.9 Å². The van der Waals surface area contributed by atoms with E-state index in [1.807, 2.05) is 12.1 Å². The van der Waals surface area contributed by atoms with Gasteiger partial charge in [0.05, 0.1) is 17.7 Å². The maximum Gasteiger partial charge on any atom is 0.137 e. The molecule has 1 atom stereocenters. The highest BCUT2D eigenvalue weighted by molar-refractivity contribution is 6.32. The molecule has 2 nitrogen and oxygen atoms in total. The van der Waals surface area contributed by atoms with Crippen molar-refractivity contribution in [1.29, 1.82) is 0 Å². The van der Waals surface area contributed by atoms with Crippen molar-refractivity contribution < 1.29 is 9.84 Å². The van der Waals surface area contributed by atoms with Crippen LogP contribution in [0.4, 0.5) is 0 Å². The number of hydrogen-bond donors (Lipinski definition) is 1. The van der Waals surface area contributed by atoms with Crippen LogP contribution in [0, 0.1) is 5.41 Å². The molecule has 1 N–H and O–H groups in total. The van der Waals surface area contributed by atoms with Crippen molar-refractivity contribution in [2.24, 2.45) is 5.41 Å². The zero-order chi connectivity index (χ0) is 13.8. The Balaban J connectivity index is 2.48. The summed E-state index contributed by atoms with van der Waals surface area (Å²) in [6.07, 6.45) is 1.63. The van der Waals surface area contributed by atoms with Crippen LogP contribution >= 0.6 is 11.6 Å². The standard InChI is InChI=1S/C15H23ClO2/c1-11(17)12-6-7-14(13(16)10-12)18-9-5-8-15(2,3)4/h6-7,10-11,17H,5,8-9H2,1-4H3/t11-/m1/s1. The highest BCUT2D eigenvalue weighted by Gasteiger charge is 2.10. The van der Waals surface area contributed by atoms with Crippen molar-refractivity contribution in [3.63, 3.8) is 0 Å². The maximum atomic E-state index is 9.44. The third kappa shape index (κ3) is 5.28. The largest absolute Gasteiger partial charge is 0.492 e. The SMILES string of the molecule is C[C@@H](O)c1ccc(OCCCC(C)(C)C)c(Cl)c1. The minimum absolute atomic E-state index is 0.337. The van der Waals surface area contributed by atoms with Crippen molar-refractivity contribution in [2.75, 3.05) is 6.61 Å². The average Bonchev–Trinajstić information content (AvgIpc) is 2.24. The van der Waals surface area contributed by atoms with Gasteiger partial charge < -0.3 is 9.84 Å². The van der Waals surface area contributed by atoms with E-state index in [1.165, 1.54) is 0 Å². The summed E-state index contributed by atoms with van der Waals surface area (Å²) in [5.74, 6) is 0.690. The second kappa shape index (κ2) is 6.44. The monoisotopic (exact) mass is 270 g/mol. The Hall–Kier alpha value is -0.730. The predicted molar refractivity (Wildman–Crippen MR) is 76.3 cm³/mol. The molecule has 0 heterocycles. The van der Waals surface area contributed by atoms with Crippen LogP contribution < -0.4 is 4.74 Å². The van der Waals surface area contributed by atoms with Gasteiger partial charge >= 0.3 is 0 Å². The van der Waals surface area contributed by atoms with E-state index in [9.17, 15) is 5.11 Å². The highest BCUT2D eigenvalue weighted by Crippen LogP contribution is 2.28. The van der Waals surface area contributed by atoms with Gasteiger partial charge in [0.2, 0.25) is 0 Å². The summed E-state index contributed by atoms with van der Waals surface area (Å²) >= 11 is 6.11. The van der Waals surface area contributed by atoms with Crippen molar-refractivity contribution in [2.45, 2.75) is 46.6 Å². The Morgan fingerprint density at radius 2 is 2.00 bits per heavy atom. The Morgan fingerprint density at radius 1 is 1.33 bits per heavy atom. The molecule has 102 valence electrons. The molecular formula is C15H23ClO2. The normalized spacial score (nSPS) is 13.4. The van der Waals surface area contributed by atoms with Crippen LogP contribution in [-0.4, -0.2) is 11.7 Å².